The third kappa shape index (κ3) is 1.77. The maximum Gasteiger partial charge on any atom is 0.315 e. The summed E-state index contributed by atoms with van der Waals surface area (Å²) >= 11 is 0. The van der Waals surface area contributed by atoms with Gasteiger partial charge in [0, 0.05) is 17.8 Å². The third-order valence-corrected chi connectivity index (χ3v) is 1.66. The predicted molar refractivity (Wildman–Crippen MR) is 42.2 cm³/mol. The van der Waals surface area contributed by atoms with E-state index >= 15 is 0 Å². The molecule has 0 unspecified atom stereocenters. The van der Waals surface area contributed by atoms with Crippen molar-refractivity contribution in [2.45, 2.75) is 25.0 Å². The van der Waals surface area contributed by atoms with E-state index in [2.05, 4.69) is 16.6 Å². The van der Waals surface area contributed by atoms with Gasteiger partial charge >= 0.3 is 5.97 Å². The molecule has 0 amide bonds. The summed E-state index contributed by atoms with van der Waals surface area (Å²) in [5.74, 6) is -0.431. The Balaban J connectivity index is 2.55. The number of hydrogen-bond acceptors (Lipinski definition) is 3. The summed E-state index contributed by atoms with van der Waals surface area (Å²) < 4.78 is 4.89. The number of cyclic esters (lactones) is 1. The second-order valence-electron chi connectivity index (χ2n) is 2.54. The Bertz CT molecular complexity index is 245. The topological polar surface area (TPSA) is 75.1 Å². The minimum atomic E-state index is -0.639. The van der Waals surface area contributed by atoms with Gasteiger partial charge in [-0.25, -0.2) is 0 Å². The molecule has 0 aromatic heterocycles. The van der Waals surface area contributed by atoms with Gasteiger partial charge in [0.2, 0.25) is 0 Å². The first-order chi connectivity index (χ1) is 5.77. The van der Waals surface area contributed by atoms with Gasteiger partial charge in [-0.3, -0.25) is 4.79 Å². The summed E-state index contributed by atoms with van der Waals surface area (Å²) in [7, 11) is 0. The first-order valence-electron chi connectivity index (χ1n) is 3.63. The van der Waals surface area contributed by atoms with Crippen LogP contribution in [0.1, 0.15) is 12.8 Å². The van der Waals surface area contributed by atoms with Crippen molar-refractivity contribution in [2.24, 2.45) is 5.11 Å². The normalized spacial score (nSPS) is 27.5. The fourth-order valence-electron chi connectivity index (χ4n) is 1.12. The lowest BCUT2D eigenvalue weighted by atomic mass is 10.1. The van der Waals surface area contributed by atoms with Gasteiger partial charge in [-0.05, 0) is 5.53 Å². The lowest BCUT2D eigenvalue weighted by Crippen LogP contribution is -2.09. The van der Waals surface area contributed by atoms with Crippen LogP contribution in [0.4, 0.5) is 0 Å². The minimum Gasteiger partial charge on any atom is -0.462 e. The standard InChI is InChI=1S/C7H9N3O2/c1-2-3-5-4-6(9-10-8)7(11)12-5/h2,5-6H,1,3-4H2/t5-,6+/m1/s1. The van der Waals surface area contributed by atoms with Gasteiger partial charge in [0.25, 0.3) is 0 Å². The predicted octanol–water partition coefficient (Wildman–Crippen LogP) is 1.56. The molecule has 0 aliphatic carbocycles. The molecule has 0 saturated carbocycles. The Morgan fingerprint density at radius 2 is 2.67 bits per heavy atom. The Morgan fingerprint density at radius 3 is 3.25 bits per heavy atom. The van der Waals surface area contributed by atoms with Crippen molar-refractivity contribution in [1.29, 1.82) is 0 Å². The van der Waals surface area contributed by atoms with E-state index in [1.807, 2.05) is 0 Å². The summed E-state index contributed by atoms with van der Waals surface area (Å²) in [6.45, 7) is 3.53. The molecule has 2 atom stereocenters. The molecule has 0 N–H and O–H groups in total. The molecule has 5 heteroatoms. The molecule has 1 heterocycles. The Kier molecular flexibility index (Phi) is 2.71. The van der Waals surface area contributed by atoms with Crippen LogP contribution < -0.4 is 0 Å². The van der Waals surface area contributed by atoms with E-state index < -0.39 is 12.0 Å². The van der Waals surface area contributed by atoms with Crippen molar-refractivity contribution in [3.05, 3.63) is 23.1 Å². The molecule has 0 bridgehead atoms. The smallest absolute Gasteiger partial charge is 0.315 e. The van der Waals surface area contributed by atoms with Crippen molar-refractivity contribution < 1.29 is 9.53 Å². The first-order valence-corrected chi connectivity index (χ1v) is 3.63. The second-order valence-corrected chi connectivity index (χ2v) is 2.54. The fourth-order valence-corrected chi connectivity index (χ4v) is 1.12. The van der Waals surface area contributed by atoms with Crippen LogP contribution in [0.5, 0.6) is 0 Å². The highest BCUT2D eigenvalue weighted by Gasteiger charge is 2.32. The molecule has 5 nitrogen and oxygen atoms in total. The molecule has 12 heavy (non-hydrogen) atoms. The molecular weight excluding hydrogens is 158 g/mol. The second kappa shape index (κ2) is 3.78. The SMILES string of the molecule is C=CC[C@@H]1C[C@H](N=[N+]=[N-])C(=O)O1. The van der Waals surface area contributed by atoms with Crippen LogP contribution in [0.3, 0.4) is 0 Å². The zero-order valence-electron chi connectivity index (χ0n) is 6.51. The maximum atomic E-state index is 10.9. The van der Waals surface area contributed by atoms with Crippen molar-refractivity contribution in [3.8, 4) is 0 Å². The van der Waals surface area contributed by atoms with Crippen LogP contribution in [0.15, 0.2) is 17.8 Å². The summed E-state index contributed by atoms with van der Waals surface area (Å²) in [5, 5.41) is 3.31. The largest absolute Gasteiger partial charge is 0.462 e. The van der Waals surface area contributed by atoms with Crippen LogP contribution in [0, 0.1) is 0 Å². The van der Waals surface area contributed by atoms with Crippen molar-refractivity contribution >= 4 is 5.97 Å². The zero-order valence-corrected chi connectivity index (χ0v) is 6.51. The molecular formula is C7H9N3O2. The van der Waals surface area contributed by atoms with Gasteiger partial charge < -0.3 is 4.74 Å². The zero-order chi connectivity index (χ0) is 8.97. The lowest BCUT2D eigenvalue weighted by Gasteiger charge is -2.02. The first kappa shape index (κ1) is 8.62. The van der Waals surface area contributed by atoms with Crippen LogP contribution in [0.2, 0.25) is 0 Å². The van der Waals surface area contributed by atoms with E-state index in [-0.39, 0.29) is 6.10 Å². The minimum absolute atomic E-state index is 0.162. The number of nitrogens with zero attached hydrogens (tertiary/aromatic N) is 3. The van der Waals surface area contributed by atoms with E-state index in [9.17, 15) is 4.79 Å². The number of esters is 1. The molecule has 1 saturated heterocycles. The van der Waals surface area contributed by atoms with Gasteiger partial charge in [-0.15, -0.1) is 6.58 Å². The molecule has 1 rings (SSSR count). The Labute approximate surface area is 69.6 Å². The van der Waals surface area contributed by atoms with Crippen molar-refractivity contribution in [2.75, 3.05) is 0 Å². The van der Waals surface area contributed by atoms with Crippen LogP contribution in [-0.2, 0) is 9.53 Å². The quantitative estimate of drug-likeness (QED) is 0.210. The summed E-state index contributed by atoms with van der Waals surface area (Å²) in [6, 6.07) is -0.639. The van der Waals surface area contributed by atoms with Gasteiger partial charge in [0.05, 0.1) is 0 Å². The van der Waals surface area contributed by atoms with E-state index in [0.29, 0.717) is 12.8 Å². The highest BCUT2D eigenvalue weighted by molar-refractivity contribution is 5.78. The highest BCUT2D eigenvalue weighted by Crippen LogP contribution is 2.20. The average Bonchev–Trinajstić information content (AvgIpc) is 2.34. The molecule has 0 aromatic rings. The van der Waals surface area contributed by atoms with Gasteiger partial charge in [-0.2, -0.15) is 0 Å². The Hall–Kier alpha value is -1.48. The molecule has 0 aromatic carbocycles. The third-order valence-electron chi connectivity index (χ3n) is 1.66. The lowest BCUT2D eigenvalue weighted by molar-refractivity contribution is -0.142. The fraction of sp³-hybridized carbons (Fsp3) is 0.571. The van der Waals surface area contributed by atoms with Gasteiger partial charge in [0.1, 0.15) is 12.1 Å². The van der Waals surface area contributed by atoms with E-state index in [1.54, 1.807) is 6.08 Å². The monoisotopic (exact) mass is 167 g/mol. The van der Waals surface area contributed by atoms with Crippen LogP contribution in [-0.4, -0.2) is 18.1 Å². The summed E-state index contributed by atoms with van der Waals surface area (Å²) in [4.78, 5) is 13.5. The molecule has 1 aliphatic rings. The highest BCUT2D eigenvalue weighted by atomic mass is 16.6. The maximum absolute atomic E-state index is 10.9. The number of ether oxygens (including phenoxy) is 1. The number of rotatable bonds is 3. The molecule has 1 fully saturated rings. The number of hydrogen-bond donors (Lipinski definition) is 0. The van der Waals surface area contributed by atoms with Crippen molar-refractivity contribution in [3.63, 3.8) is 0 Å². The number of azide groups is 1. The van der Waals surface area contributed by atoms with Crippen LogP contribution in [0.25, 0.3) is 10.4 Å². The van der Waals surface area contributed by atoms with Gasteiger partial charge in [0.15, 0.2) is 0 Å². The van der Waals surface area contributed by atoms with Gasteiger partial charge in [-0.1, -0.05) is 11.2 Å². The number of carbonyl (C=O) groups is 1. The van der Waals surface area contributed by atoms with Crippen LogP contribution >= 0.6 is 0 Å². The summed E-state index contributed by atoms with van der Waals surface area (Å²) in [6.07, 6.45) is 2.60. The van der Waals surface area contributed by atoms with E-state index in [4.69, 9.17) is 10.3 Å². The van der Waals surface area contributed by atoms with Crippen molar-refractivity contribution in [1.82, 2.24) is 0 Å². The average molecular weight is 167 g/mol. The summed E-state index contributed by atoms with van der Waals surface area (Å²) in [5.41, 5.74) is 8.09. The van der Waals surface area contributed by atoms with E-state index in [1.165, 1.54) is 0 Å². The molecule has 0 radical (unpaired) electrons. The number of carbonyl (C=O) groups excluding carboxylic acids is 1. The Morgan fingerprint density at radius 1 is 1.92 bits per heavy atom. The molecule has 0 spiro atoms. The molecule has 64 valence electrons. The molecule has 1 aliphatic heterocycles. The van der Waals surface area contributed by atoms with E-state index in [0.717, 1.165) is 0 Å².